The quantitative estimate of drug-likeness (QED) is 0.554. The molecule has 174 valence electrons. The highest BCUT2D eigenvalue weighted by atomic mass is 35.5. The Kier molecular flexibility index (Phi) is 6.83. The van der Waals surface area contributed by atoms with Gasteiger partial charge in [-0.25, -0.2) is 8.42 Å². The van der Waals surface area contributed by atoms with Crippen molar-refractivity contribution in [1.29, 1.82) is 0 Å². The van der Waals surface area contributed by atoms with Crippen molar-refractivity contribution in [2.45, 2.75) is 38.0 Å². The topological polar surface area (TPSA) is 105 Å². The minimum atomic E-state index is -3.93. The molecule has 1 amide bonds. The Morgan fingerprint density at radius 2 is 2.09 bits per heavy atom. The molecule has 0 radical (unpaired) electrons. The number of halogens is 1. The molecule has 0 aliphatic carbocycles. The number of nitrogens with one attached hydrogen (secondary N) is 1. The molecule has 1 aliphatic rings. The van der Waals surface area contributed by atoms with Crippen molar-refractivity contribution < 1.29 is 17.7 Å². The van der Waals surface area contributed by atoms with Gasteiger partial charge in [-0.1, -0.05) is 35.8 Å². The molecule has 1 atom stereocenters. The molecule has 0 spiro atoms. The first-order chi connectivity index (χ1) is 15.8. The normalized spacial score (nSPS) is 17.1. The first-order valence-electron chi connectivity index (χ1n) is 10.8. The summed E-state index contributed by atoms with van der Waals surface area (Å²) >= 11 is 6.28. The summed E-state index contributed by atoms with van der Waals surface area (Å²) in [7, 11) is -3.93. The monoisotopic (exact) mass is 488 g/mol. The zero-order valence-electron chi connectivity index (χ0n) is 18.4. The molecule has 10 heteroatoms. The molecule has 2 aromatic carbocycles. The molecule has 1 aliphatic heterocycles. The van der Waals surface area contributed by atoms with Crippen LogP contribution in [0.1, 0.15) is 31.2 Å². The van der Waals surface area contributed by atoms with Gasteiger partial charge in [0.25, 0.3) is 0 Å². The Morgan fingerprint density at radius 3 is 2.82 bits per heavy atom. The second-order valence-electron chi connectivity index (χ2n) is 8.03. The van der Waals surface area contributed by atoms with E-state index in [1.165, 1.54) is 16.4 Å². The van der Waals surface area contributed by atoms with E-state index in [1.54, 1.807) is 13.0 Å². The Balaban J connectivity index is 1.54. The van der Waals surface area contributed by atoms with Crippen LogP contribution in [-0.4, -0.2) is 41.9 Å². The number of carbonyl (C=O) groups excluding carboxylic acids is 1. The molecule has 1 N–H and O–H groups in total. The molecule has 4 rings (SSSR count). The zero-order valence-corrected chi connectivity index (χ0v) is 20.0. The summed E-state index contributed by atoms with van der Waals surface area (Å²) in [6, 6.07) is 12.2. The molecule has 1 aromatic heterocycles. The summed E-state index contributed by atoms with van der Waals surface area (Å²) in [6.45, 7) is 4.11. The number of benzene rings is 2. The van der Waals surface area contributed by atoms with Crippen molar-refractivity contribution in [3.05, 3.63) is 58.9 Å². The van der Waals surface area contributed by atoms with Gasteiger partial charge in [-0.3, -0.25) is 4.79 Å². The Bertz CT molecular complexity index is 1270. The van der Waals surface area contributed by atoms with E-state index in [0.717, 1.165) is 12.0 Å². The van der Waals surface area contributed by atoms with E-state index in [1.807, 2.05) is 31.2 Å². The van der Waals surface area contributed by atoms with Crippen molar-refractivity contribution in [3.8, 4) is 11.4 Å². The highest BCUT2D eigenvalue weighted by Crippen LogP contribution is 2.32. The third-order valence-electron chi connectivity index (χ3n) is 5.69. The van der Waals surface area contributed by atoms with Crippen molar-refractivity contribution in [3.63, 3.8) is 0 Å². The number of aryl methyl sites for hydroxylation is 2. The minimum absolute atomic E-state index is 0.0409. The minimum Gasteiger partial charge on any atom is -0.339 e. The average molecular weight is 489 g/mol. The predicted octanol–water partition coefficient (Wildman–Crippen LogP) is 4.30. The number of anilines is 1. The Labute approximate surface area is 198 Å². The van der Waals surface area contributed by atoms with Gasteiger partial charge in [0.1, 0.15) is 4.90 Å². The second-order valence-corrected chi connectivity index (χ2v) is 10.3. The van der Waals surface area contributed by atoms with Gasteiger partial charge in [0.2, 0.25) is 27.6 Å². The van der Waals surface area contributed by atoms with Crippen LogP contribution >= 0.6 is 11.6 Å². The molecule has 1 fully saturated rings. The number of amides is 1. The van der Waals surface area contributed by atoms with Crippen molar-refractivity contribution in [1.82, 2.24) is 14.4 Å². The summed E-state index contributed by atoms with van der Waals surface area (Å²) < 4.78 is 33.2. The SMILES string of the molecule is CCc1cccc(NC(=O)C2CCCN(S(=O)(=O)c3cc(-c4noc(C)n4)ccc3Cl)C2)c1. The lowest BCUT2D eigenvalue weighted by Gasteiger charge is -2.31. The third kappa shape index (κ3) is 5.10. The lowest BCUT2D eigenvalue weighted by atomic mass is 9.98. The van der Waals surface area contributed by atoms with E-state index in [-0.39, 0.29) is 28.2 Å². The number of rotatable bonds is 6. The molecule has 1 saturated heterocycles. The number of sulfonamides is 1. The first-order valence-corrected chi connectivity index (χ1v) is 12.6. The van der Waals surface area contributed by atoms with Crippen LogP contribution in [0.5, 0.6) is 0 Å². The third-order valence-corrected chi connectivity index (χ3v) is 8.04. The molecule has 33 heavy (non-hydrogen) atoms. The lowest BCUT2D eigenvalue weighted by molar-refractivity contribution is -0.120. The number of hydrogen-bond acceptors (Lipinski definition) is 6. The fourth-order valence-corrected chi connectivity index (χ4v) is 5.91. The summed E-state index contributed by atoms with van der Waals surface area (Å²) in [4.78, 5) is 17.0. The van der Waals surface area contributed by atoms with Gasteiger partial charge in [0, 0.05) is 31.3 Å². The van der Waals surface area contributed by atoms with E-state index < -0.39 is 15.9 Å². The maximum atomic E-state index is 13.5. The van der Waals surface area contributed by atoms with E-state index in [9.17, 15) is 13.2 Å². The van der Waals surface area contributed by atoms with Crippen molar-refractivity contribution in [2.75, 3.05) is 18.4 Å². The second kappa shape index (κ2) is 9.62. The number of aromatic nitrogens is 2. The van der Waals surface area contributed by atoms with E-state index in [2.05, 4.69) is 15.5 Å². The molecular formula is C23H25ClN4O4S. The van der Waals surface area contributed by atoms with Crippen LogP contribution in [0.2, 0.25) is 5.02 Å². The fraction of sp³-hybridized carbons (Fsp3) is 0.348. The van der Waals surface area contributed by atoms with Gasteiger partial charge >= 0.3 is 0 Å². The Hall–Kier alpha value is -2.75. The first kappa shape index (κ1) is 23.4. The molecule has 0 saturated carbocycles. The number of piperidine rings is 1. The van der Waals surface area contributed by atoms with Gasteiger partial charge in [0.15, 0.2) is 0 Å². The standard InChI is InChI=1S/C23H25ClN4O4S/c1-3-16-6-4-8-19(12-16)26-23(29)18-7-5-11-28(14-18)33(30,31)21-13-17(9-10-20(21)24)22-25-15(2)32-27-22/h4,6,8-10,12-13,18H,3,5,7,11,14H2,1-2H3,(H,26,29). The molecule has 2 heterocycles. The van der Waals surface area contributed by atoms with E-state index >= 15 is 0 Å². The van der Waals surface area contributed by atoms with Crippen LogP contribution in [0, 0.1) is 12.8 Å². The number of hydrogen-bond donors (Lipinski definition) is 1. The van der Waals surface area contributed by atoms with Gasteiger partial charge in [-0.2, -0.15) is 9.29 Å². The lowest BCUT2D eigenvalue weighted by Crippen LogP contribution is -2.43. The van der Waals surface area contributed by atoms with Crippen molar-refractivity contribution >= 4 is 33.2 Å². The van der Waals surface area contributed by atoms with Crippen LogP contribution in [0.25, 0.3) is 11.4 Å². The highest BCUT2D eigenvalue weighted by molar-refractivity contribution is 7.89. The summed E-state index contributed by atoms with van der Waals surface area (Å²) in [6.07, 6.45) is 2.05. The largest absolute Gasteiger partial charge is 0.339 e. The molecule has 3 aromatic rings. The van der Waals surface area contributed by atoms with Crippen LogP contribution < -0.4 is 5.32 Å². The maximum absolute atomic E-state index is 13.5. The van der Waals surface area contributed by atoms with E-state index in [4.69, 9.17) is 16.1 Å². The van der Waals surface area contributed by atoms with E-state index in [0.29, 0.717) is 36.5 Å². The fourth-order valence-electron chi connectivity index (χ4n) is 3.88. The van der Waals surface area contributed by atoms with Crippen LogP contribution in [0.4, 0.5) is 5.69 Å². The molecule has 0 bridgehead atoms. The maximum Gasteiger partial charge on any atom is 0.244 e. The average Bonchev–Trinajstić information content (AvgIpc) is 3.25. The number of carbonyl (C=O) groups is 1. The van der Waals surface area contributed by atoms with Gasteiger partial charge in [-0.15, -0.1) is 0 Å². The smallest absolute Gasteiger partial charge is 0.244 e. The summed E-state index contributed by atoms with van der Waals surface area (Å²) in [5.74, 6) is 0.00966. The van der Waals surface area contributed by atoms with Crippen LogP contribution in [0.15, 0.2) is 51.9 Å². The van der Waals surface area contributed by atoms with Gasteiger partial charge in [0.05, 0.1) is 10.9 Å². The zero-order chi connectivity index (χ0) is 23.6. The van der Waals surface area contributed by atoms with Gasteiger partial charge < -0.3 is 9.84 Å². The summed E-state index contributed by atoms with van der Waals surface area (Å²) in [5, 5.41) is 6.88. The summed E-state index contributed by atoms with van der Waals surface area (Å²) in [5.41, 5.74) is 2.31. The van der Waals surface area contributed by atoms with Crippen LogP contribution in [-0.2, 0) is 21.2 Å². The predicted molar refractivity (Wildman–Crippen MR) is 125 cm³/mol. The van der Waals surface area contributed by atoms with Crippen LogP contribution in [0.3, 0.4) is 0 Å². The van der Waals surface area contributed by atoms with Gasteiger partial charge in [-0.05, 0) is 55.2 Å². The number of nitrogens with zero attached hydrogens (tertiary/aromatic N) is 3. The molecule has 1 unspecified atom stereocenters. The molecule has 8 nitrogen and oxygen atoms in total. The van der Waals surface area contributed by atoms with Crippen molar-refractivity contribution in [2.24, 2.45) is 5.92 Å². The Morgan fingerprint density at radius 1 is 1.27 bits per heavy atom. The molecular weight excluding hydrogens is 464 g/mol. The highest BCUT2D eigenvalue weighted by Gasteiger charge is 2.34.